The number of esters is 1. The smallest absolute Gasteiger partial charge is 0.376 e. The minimum Gasteiger partial charge on any atom is -0.464 e. The Hall–Kier alpha value is -3.87. The first-order chi connectivity index (χ1) is 16.0. The second-order valence-corrected chi connectivity index (χ2v) is 6.86. The summed E-state index contributed by atoms with van der Waals surface area (Å²) in [6.07, 6.45) is 0.136. The van der Waals surface area contributed by atoms with Crippen LogP contribution in [0.15, 0.2) is 48.7 Å². The Kier molecular flexibility index (Phi) is 8.02. The van der Waals surface area contributed by atoms with Crippen LogP contribution in [0.4, 0.5) is 4.39 Å². The molecule has 1 aromatic carbocycles. The van der Waals surface area contributed by atoms with Gasteiger partial charge in [-0.15, -0.1) is 0 Å². The van der Waals surface area contributed by atoms with Crippen LogP contribution in [-0.4, -0.2) is 49.7 Å². The minimum absolute atomic E-state index is 0.0437. The number of nitriles is 1. The lowest BCUT2D eigenvalue weighted by Gasteiger charge is -2.19. The molecular weight excluding hydrogens is 429 g/mol. The number of aromatic nitrogens is 2. The van der Waals surface area contributed by atoms with Crippen molar-refractivity contribution in [3.8, 4) is 34.5 Å². The van der Waals surface area contributed by atoms with E-state index in [4.69, 9.17) is 18.9 Å². The first-order valence-corrected chi connectivity index (χ1v) is 9.96. The molecule has 2 heterocycles. The van der Waals surface area contributed by atoms with Crippen molar-refractivity contribution in [3.05, 3.63) is 65.6 Å². The van der Waals surface area contributed by atoms with Gasteiger partial charge in [0.25, 0.3) is 0 Å². The van der Waals surface area contributed by atoms with Crippen LogP contribution in [0.5, 0.6) is 5.88 Å². The van der Waals surface area contributed by atoms with Gasteiger partial charge in [-0.05, 0) is 42.3 Å². The fourth-order valence-corrected chi connectivity index (χ4v) is 3.03. The first-order valence-electron chi connectivity index (χ1n) is 9.96. The van der Waals surface area contributed by atoms with E-state index < -0.39 is 18.1 Å². The molecule has 0 aliphatic carbocycles. The maximum Gasteiger partial charge on any atom is 0.376 e. The van der Waals surface area contributed by atoms with Gasteiger partial charge in [0, 0.05) is 18.9 Å². The van der Waals surface area contributed by atoms with Crippen LogP contribution in [-0.2, 0) is 19.0 Å². The van der Waals surface area contributed by atoms with Crippen LogP contribution < -0.4 is 4.74 Å². The van der Waals surface area contributed by atoms with E-state index in [1.807, 2.05) is 13.0 Å². The standard InChI is InChI=1S/C24H22FN3O5/c1-15-5-4-10-27-21(15)20-13-18(16-6-8-17(25)9-7-16)19(14-26)22(28-20)33-24(23(29)31-3)32-12-11-30-2/h4-10,13,24H,11-12H2,1-3H3. The van der Waals surface area contributed by atoms with Crippen molar-refractivity contribution in [2.24, 2.45) is 0 Å². The zero-order valence-corrected chi connectivity index (χ0v) is 18.4. The van der Waals surface area contributed by atoms with Gasteiger partial charge in [0.1, 0.15) is 17.4 Å². The van der Waals surface area contributed by atoms with E-state index in [0.29, 0.717) is 22.5 Å². The van der Waals surface area contributed by atoms with Crippen LogP contribution in [0.1, 0.15) is 11.1 Å². The zero-order valence-electron chi connectivity index (χ0n) is 18.4. The number of nitrogens with zero attached hydrogens (tertiary/aromatic N) is 3. The van der Waals surface area contributed by atoms with E-state index in [1.165, 1.54) is 38.5 Å². The molecule has 8 nitrogen and oxygen atoms in total. The van der Waals surface area contributed by atoms with E-state index in [2.05, 4.69) is 16.0 Å². The summed E-state index contributed by atoms with van der Waals surface area (Å²) in [7, 11) is 2.68. The minimum atomic E-state index is -1.48. The summed E-state index contributed by atoms with van der Waals surface area (Å²) in [5.41, 5.74) is 2.84. The first kappa shape index (κ1) is 23.8. The largest absolute Gasteiger partial charge is 0.464 e. The molecule has 3 aromatic rings. The van der Waals surface area contributed by atoms with E-state index in [1.54, 1.807) is 18.3 Å². The van der Waals surface area contributed by atoms with Crippen LogP contribution in [0.25, 0.3) is 22.5 Å². The normalized spacial score (nSPS) is 11.5. The Morgan fingerprint density at radius 1 is 1.18 bits per heavy atom. The highest BCUT2D eigenvalue weighted by atomic mass is 19.1. The van der Waals surface area contributed by atoms with Crippen LogP contribution in [0.3, 0.4) is 0 Å². The molecule has 1 atom stereocenters. The average Bonchev–Trinajstić information content (AvgIpc) is 2.83. The molecular formula is C24H22FN3O5. The number of hydrogen-bond acceptors (Lipinski definition) is 8. The maximum atomic E-state index is 13.5. The van der Waals surface area contributed by atoms with Gasteiger partial charge in [0.15, 0.2) is 0 Å². The molecule has 0 aliphatic rings. The second kappa shape index (κ2) is 11.1. The Bertz CT molecular complexity index is 1160. The van der Waals surface area contributed by atoms with Crippen molar-refractivity contribution in [2.75, 3.05) is 27.4 Å². The van der Waals surface area contributed by atoms with Crippen molar-refractivity contribution in [1.29, 1.82) is 5.26 Å². The summed E-state index contributed by atoms with van der Waals surface area (Å²) < 4.78 is 34.4. The van der Waals surface area contributed by atoms with E-state index in [9.17, 15) is 14.4 Å². The predicted octanol–water partition coefficient (Wildman–Crippen LogP) is 3.67. The number of pyridine rings is 2. The van der Waals surface area contributed by atoms with Crippen molar-refractivity contribution < 1.29 is 28.1 Å². The molecule has 0 spiro atoms. The summed E-state index contributed by atoms with van der Waals surface area (Å²) in [6, 6.07) is 13.0. The van der Waals surface area contributed by atoms with Crippen molar-refractivity contribution in [2.45, 2.75) is 13.2 Å². The quantitative estimate of drug-likeness (QED) is 0.276. The summed E-state index contributed by atoms with van der Waals surface area (Å²) >= 11 is 0. The molecule has 0 bridgehead atoms. The lowest BCUT2D eigenvalue weighted by Crippen LogP contribution is -2.33. The molecule has 0 amide bonds. The molecule has 0 radical (unpaired) electrons. The van der Waals surface area contributed by atoms with Crippen LogP contribution >= 0.6 is 0 Å². The van der Waals surface area contributed by atoms with Gasteiger partial charge in [-0.1, -0.05) is 18.2 Å². The number of methoxy groups -OCH3 is 2. The van der Waals surface area contributed by atoms with Crippen molar-refractivity contribution in [3.63, 3.8) is 0 Å². The Balaban J connectivity index is 2.16. The second-order valence-electron chi connectivity index (χ2n) is 6.86. The predicted molar refractivity (Wildman–Crippen MR) is 117 cm³/mol. The van der Waals surface area contributed by atoms with Crippen LogP contribution in [0, 0.1) is 24.1 Å². The number of aryl methyl sites for hydroxylation is 1. The van der Waals surface area contributed by atoms with Crippen molar-refractivity contribution in [1.82, 2.24) is 9.97 Å². The lowest BCUT2D eigenvalue weighted by molar-refractivity contribution is -0.176. The Morgan fingerprint density at radius 3 is 2.58 bits per heavy atom. The number of benzene rings is 1. The fourth-order valence-electron chi connectivity index (χ4n) is 3.03. The Labute approximate surface area is 190 Å². The van der Waals surface area contributed by atoms with Gasteiger partial charge in [0.05, 0.1) is 31.7 Å². The molecule has 2 aromatic heterocycles. The maximum absolute atomic E-state index is 13.5. The number of hydrogen-bond donors (Lipinski definition) is 0. The molecule has 0 saturated carbocycles. The molecule has 0 N–H and O–H groups in total. The van der Waals surface area contributed by atoms with Crippen molar-refractivity contribution >= 4 is 5.97 Å². The molecule has 1 unspecified atom stereocenters. The number of ether oxygens (including phenoxy) is 4. The summed E-state index contributed by atoms with van der Waals surface area (Å²) in [5.74, 6) is -1.37. The third-order valence-corrected chi connectivity index (χ3v) is 4.67. The van der Waals surface area contributed by atoms with Gasteiger partial charge < -0.3 is 18.9 Å². The summed E-state index contributed by atoms with van der Waals surface area (Å²) in [4.78, 5) is 21.1. The molecule has 9 heteroatoms. The van der Waals surface area contributed by atoms with Crippen LogP contribution in [0.2, 0.25) is 0 Å². The van der Waals surface area contributed by atoms with Gasteiger partial charge in [-0.25, -0.2) is 14.2 Å². The topological polar surface area (TPSA) is 104 Å². The number of halogens is 1. The molecule has 0 fully saturated rings. The fraction of sp³-hybridized carbons (Fsp3) is 0.250. The molecule has 170 valence electrons. The highest BCUT2D eigenvalue weighted by Crippen LogP contribution is 2.34. The number of carbonyl (C=O) groups is 1. The highest BCUT2D eigenvalue weighted by molar-refractivity contribution is 5.78. The SMILES string of the molecule is COCCOC(Oc1nc(-c2ncccc2C)cc(-c2ccc(F)cc2)c1C#N)C(=O)OC. The monoisotopic (exact) mass is 451 g/mol. The summed E-state index contributed by atoms with van der Waals surface area (Å²) in [6.45, 7) is 2.12. The summed E-state index contributed by atoms with van der Waals surface area (Å²) in [5, 5.41) is 9.92. The molecule has 3 rings (SSSR count). The Morgan fingerprint density at radius 2 is 1.94 bits per heavy atom. The van der Waals surface area contributed by atoms with Gasteiger partial charge in [-0.2, -0.15) is 5.26 Å². The zero-order chi connectivity index (χ0) is 23.8. The third-order valence-electron chi connectivity index (χ3n) is 4.67. The third kappa shape index (κ3) is 5.68. The van der Waals surface area contributed by atoms with E-state index >= 15 is 0 Å². The molecule has 0 saturated heterocycles. The van der Waals surface area contributed by atoms with Gasteiger partial charge >= 0.3 is 12.3 Å². The average molecular weight is 451 g/mol. The van der Waals surface area contributed by atoms with E-state index in [0.717, 1.165) is 5.56 Å². The molecule has 0 aliphatic heterocycles. The van der Waals surface area contributed by atoms with Gasteiger partial charge in [0.2, 0.25) is 5.88 Å². The van der Waals surface area contributed by atoms with Gasteiger partial charge in [-0.3, -0.25) is 4.98 Å². The number of rotatable bonds is 9. The molecule has 33 heavy (non-hydrogen) atoms. The van der Waals surface area contributed by atoms with E-state index in [-0.39, 0.29) is 24.7 Å². The highest BCUT2D eigenvalue weighted by Gasteiger charge is 2.26. The number of carbonyl (C=O) groups excluding carboxylic acids is 1. The lowest BCUT2D eigenvalue weighted by atomic mass is 9.99.